The van der Waals surface area contributed by atoms with Crippen LogP contribution < -0.4 is 10.1 Å². The normalized spacial score (nSPS) is 18.8. The van der Waals surface area contributed by atoms with Crippen LogP contribution in [0.1, 0.15) is 18.4 Å². The Morgan fingerprint density at radius 1 is 1.33 bits per heavy atom. The summed E-state index contributed by atoms with van der Waals surface area (Å²) >= 11 is 0. The third-order valence-corrected chi connectivity index (χ3v) is 3.28. The molecule has 1 aliphatic heterocycles. The van der Waals surface area contributed by atoms with Crippen LogP contribution in [0.5, 0.6) is 5.75 Å². The lowest BCUT2D eigenvalue weighted by Crippen LogP contribution is -2.25. The molecule has 92 valence electrons. The number of fused-ring (bicyclic) bond motifs is 1. The first kappa shape index (κ1) is 11.0. The molecule has 2 heterocycles. The molecule has 18 heavy (non-hydrogen) atoms. The maximum absolute atomic E-state index is 5.69. The zero-order valence-corrected chi connectivity index (χ0v) is 10.2. The largest absolute Gasteiger partial charge is 0.493 e. The zero-order valence-electron chi connectivity index (χ0n) is 10.2. The molecule has 2 aromatic rings. The lowest BCUT2D eigenvalue weighted by molar-refractivity contribution is 0.322. The molecule has 1 aliphatic rings. The van der Waals surface area contributed by atoms with Gasteiger partial charge in [0.15, 0.2) is 0 Å². The predicted molar refractivity (Wildman–Crippen MR) is 69.8 cm³/mol. The van der Waals surface area contributed by atoms with Crippen LogP contribution in [0.4, 0.5) is 5.82 Å². The van der Waals surface area contributed by atoms with E-state index in [9.17, 15) is 0 Å². The van der Waals surface area contributed by atoms with E-state index in [4.69, 9.17) is 4.74 Å². The van der Waals surface area contributed by atoms with Gasteiger partial charge in [0.25, 0.3) is 0 Å². The monoisotopic (exact) mass is 241 g/mol. The molecule has 0 radical (unpaired) electrons. The second kappa shape index (κ2) is 4.64. The van der Waals surface area contributed by atoms with Crippen molar-refractivity contribution < 1.29 is 4.74 Å². The van der Waals surface area contributed by atoms with E-state index in [1.165, 1.54) is 5.56 Å². The van der Waals surface area contributed by atoms with Gasteiger partial charge >= 0.3 is 0 Å². The fraction of sp³-hybridized carbons (Fsp3) is 0.286. The van der Waals surface area contributed by atoms with Crippen LogP contribution in [-0.2, 0) is 0 Å². The average molecular weight is 241 g/mol. The van der Waals surface area contributed by atoms with Gasteiger partial charge in [0.1, 0.15) is 11.6 Å². The average Bonchev–Trinajstić information content (AvgIpc) is 2.84. The van der Waals surface area contributed by atoms with E-state index >= 15 is 0 Å². The van der Waals surface area contributed by atoms with Crippen LogP contribution in [-0.4, -0.2) is 22.6 Å². The fourth-order valence-electron chi connectivity index (χ4n) is 2.31. The number of hydrogen-bond acceptors (Lipinski definition) is 4. The molecule has 3 rings (SSSR count). The van der Waals surface area contributed by atoms with Crippen molar-refractivity contribution in [3.05, 3.63) is 48.4 Å². The molecule has 0 saturated carbocycles. The van der Waals surface area contributed by atoms with E-state index in [0.29, 0.717) is 12.5 Å². The number of hydrogen-bond donors (Lipinski definition) is 1. The minimum absolute atomic E-state index is 0.255. The van der Waals surface area contributed by atoms with Gasteiger partial charge in [-0.15, -0.1) is 0 Å². The van der Waals surface area contributed by atoms with Crippen molar-refractivity contribution in [2.45, 2.75) is 18.9 Å². The lowest BCUT2D eigenvalue weighted by atomic mass is 9.94. The summed E-state index contributed by atoms with van der Waals surface area (Å²) in [4.78, 5) is 8.28. The highest BCUT2D eigenvalue weighted by atomic mass is 16.5. The van der Waals surface area contributed by atoms with Crippen LogP contribution in [0.3, 0.4) is 0 Å². The van der Waals surface area contributed by atoms with E-state index in [0.717, 1.165) is 11.6 Å². The summed E-state index contributed by atoms with van der Waals surface area (Å²) in [5.41, 5.74) is 1.27. The van der Waals surface area contributed by atoms with Crippen molar-refractivity contribution in [1.29, 1.82) is 0 Å². The van der Waals surface area contributed by atoms with Gasteiger partial charge in [0.2, 0.25) is 0 Å². The Morgan fingerprint density at radius 3 is 3.06 bits per heavy atom. The minimum Gasteiger partial charge on any atom is -0.493 e. The summed E-state index contributed by atoms with van der Waals surface area (Å²) in [6.45, 7) is 2.86. The van der Waals surface area contributed by atoms with Crippen molar-refractivity contribution in [3.8, 4) is 5.75 Å². The molecule has 0 bridgehead atoms. The first-order valence-electron chi connectivity index (χ1n) is 6.09. The molecule has 1 aromatic carbocycles. The highest BCUT2D eigenvalue weighted by Crippen LogP contribution is 2.36. The standard InChI is InChI=1S/C14H15N3O/c1-10(17-14-8-15-6-7-16-14)12-9-18-13-5-3-2-4-11(12)13/h2-8,10,12H,9H2,1H3,(H,16,17)/t10-,12-/m0/s1. The molecular weight excluding hydrogens is 226 g/mol. The van der Waals surface area contributed by atoms with Gasteiger partial charge in [-0.1, -0.05) is 18.2 Å². The maximum Gasteiger partial charge on any atom is 0.144 e. The summed E-state index contributed by atoms with van der Waals surface area (Å²) in [6, 6.07) is 8.45. The van der Waals surface area contributed by atoms with E-state index in [1.54, 1.807) is 18.6 Å². The molecule has 0 saturated heterocycles. The van der Waals surface area contributed by atoms with Gasteiger partial charge < -0.3 is 10.1 Å². The molecular formula is C14H15N3O. The quantitative estimate of drug-likeness (QED) is 0.896. The number of para-hydroxylation sites is 1. The lowest BCUT2D eigenvalue weighted by Gasteiger charge is -2.20. The van der Waals surface area contributed by atoms with Crippen LogP contribution in [0, 0.1) is 0 Å². The molecule has 1 aromatic heterocycles. The maximum atomic E-state index is 5.69. The number of rotatable bonds is 3. The molecule has 0 amide bonds. The van der Waals surface area contributed by atoms with Gasteiger partial charge in [-0.3, -0.25) is 4.98 Å². The van der Waals surface area contributed by atoms with Gasteiger partial charge in [-0.25, -0.2) is 4.98 Å². The SMILES string of the molecule is C[C@H](Nc1cnccn1)[C@@H]1COc2ccccc21. The second-order valence-corrected chi connectivity index (χ2v) is 4.48. The number of aromatic nitrogens is 2. The predicted octanol–water partition coefficient (Wildman–Crippen LogP) is 2.45. The number of benzene rings is 1. The third-order valence-electron chi connectivity index (χ3n) is 3.28. The summed E-state index contributed by atoms with van der Waals surface area (Å²) in [6.07, 6.45) is 5.09. The molecule has 0 aliphatic carbocycles. The number of anilines is 1. The summed E-state index contributed by atoms with van der Waals surface area (Å²) in [5, 5.41) is 3.37. The summed E-state index contributed by atoms with van der Waals surface area (Å²) in [7, 11) is 0. The number of nitrogens with zero attached hydrogens (tertiary/aromatic N) is 2. The van der Waals surface area contributed by atoms with Crippen molar-refractivity contribution >= 4 is 5.82 Å². The Bertz CT molecular complexity index is 530. The fourth-order valence-corrected chi connectivity index (χ4v) is 2.31. The van der Waals surface area contributed by atoms with E-state index < -0.39 is 0 Å². The smallest absolute Gasteiger partial charge is 0.144 e. The minimum atomic E-state index is 0.255. The van der Waals surface area contributed by atoms with Crippen molar-refractivity contribution in [2.75, 3.05) is 11.9 Å². The van der Waals surface area contributed by atoms with Crippen LogP contribution in [0.2, 0.25) is 0 Å². The first-order valence-corrected chi connectivity index (χ1v) is 6.09. The summed E-state index contributed by atoms with van der Waals surface area (Å²) < 4.78 is 5.69. The van der Waals surface area contributed by atoms with Gasteiger partial charge in [0, 0.05) is 29.9 Å². The van der Waals surface area contributed by atoms with Crippen LogP contribution in [0.25, 0.3) is 0 Å². The van der Waals surface area contributed by atoms with Gasteiger partial charge in [-0.05, 0) is 13.0 Å². The van der Waals surface area contributed by atoms with Crippen molar-refractivity contribution in [2.24, 2.45) is 0 Å². The highest BCUT2D eigenvalue weighted by Gasteiger charge is 2.28. The summed E-state index contributed by atoms with van der Waals surface area (Å²) in [5.74, 6) is 2.15. The Labute approximate surface area is 106 Å². The highest BCUT2D eigenvalue weighted by molar-refractivity contribution is 5.43. The molecule has 2 atom stereocenters. The van der Waals surface area contributed by atoms with Crippen LogP contribution in [0.15, 0.2) is 42.9 Å². The number of ether oxygens (including phenoxy) is 1. The Hall–Kier alpha value is -2.10. The van der Waals surface area contributed by atoms with Gasteiger partial charge in [0.05, 0.1) is 12.8 Å². The van der Waals surface area contributed by atoms with E-state index in [2.05, 4.69) is 34.3 Å². The van der Waals surface area contributed by atoms with Gasteiger partial charge in [-0.2, -0.15) is 0 Å². The van der Waals surface area contributed by atoms with Crippen molar-refractivity contribution in [3.63, 3.8) is 0 Å². The molecule has 4 nitrogen and oxygen atoms in total. The molecule has 1 N–H and O–H groups in total. The van der Waals surface area contributed by atoms with E-state index in [1.807, 2.05) is 12.1 Å². The Morgan fingerprint density at radius 2 is 2.22 bits per heavy atom. The van der Waals surface area contributed by atoms with E-state index in [-0.39, 0.29) is 6.04 Å². The number of nitrogens with one attached hydrogen (secondary N) is 1. The van der Waals surface area contributed by atoms with Crippen LogP contribution >= 0.6 is 0 Å². The zero-order chi connectivity index (χ0) is 12.4. The van der Waals surface area contributed by atoms with Crippen molar-refractivity contribution in [1.82, 2.24) is 9.97 Å². The third kappa shape index (κ3) is 2.01. The molecule has 0 spiro atoms. The Kier molecular flexibility index (Phi) is 2.84. The molecule has 4 heteroatoms. The topological polar surface area (TPSA) is 47.0 Å². The first-order chi connectivity index (χ1) is 8.84. The second-order valence-electron chi connectivity index (χ2n) is 4.48. The molecule has 0 unspecified atom stereocenters. The Balaban J connectivity index is 1.77. The molecule has 0 fully saturated rings.